The van der Waals surface area contributed by atoms with Gasteiger partial charge in [-0.15, -0.1) is 10.2 Å². The van der Waals surface area contributed by atoms with Crippen LogP contribution >= 0.6 is 23.4 Å². The minimum atomic E-state index is -0.534. The molecule has 9 nitrogen and oxygen atoms in total. The van der Waals surface area contributed by atoms with E-state index in [2.05, 4.69) is 20.7 Å². The highest BCUT2D eigenvalue weighted by atomic mass is 35.5. The number of hydrogen-bond acceptors (Lipinski definition) is 7. The van der Waals surface area contributed by atoms with E-state index in [-0.39, 0.29) is 30.1 Å². The van der Waals surface area contributed by atoms with Crippen molar-refractivity contribution >= 4 is 46.5 Å². The molecule has 1 aromatic heterocycles. The Morgan fingerprint density at radius 2 is 1.91 bits per heavy atom. The van der Waals surface area contributed by atoms with Crippen LogP contribution in [-0.2, 0) is 16.1 Å². The van der Waals surface area contributed by atoms with E-state index in [1.165, 1.54) is 24.3 Å². The number of hydrogen-bond donors (Lipinski definition) is 1. The summed E-state index contributed by atoms with van der Waals surface area (Å²) in [5.41, 5.74) is 0.920. The first-order valence-corrected chi connectivity index (χ1v) is 10.9. The van der Waals surface area contributed by atoms with Crippen LogP contribution in [0.25, 0.3) is 17.5 Å². The minimum Gasteiger partial charge on any atom is -0.353 e. The maximum absolute atomic E-state index is 13.8. The predicted molar refractivity (Wildman–Crippen MR) is 120 cm³/mol. The minimum absolute atomic E-state index is 0.0220. The van der Waals surface area contributed by atoms with Crippen LogP contribution < -0.4 is 5.32 Å². The van der Waals surface area contributed by atoms with Gasteiger partial charge in [-0.05, 0) is 53.4 Å². The Labute approximate surface area is 196 Å². The smallest absolute Gasteiger partial charge is 0.293 e. The molecular weight excluding hydrogens is 471 g/mol. The lowest BCUT2D eigenvalue weighted by Gasteiger charge is -2.12. The number of amides is 3. The zero-order valence-corrected chi connectivity index (χ0v) is 18.5. The number of thioether (sulfide) groups is 1. The average Bonchev–Trinajstić information content (AvgIpc) is 3.35. The fraction of sp³-hybridized carbons (Fsp3) is 0.143. The number of imide groups is 1. The lowest BCUT2D eigenvalue weighted by Crippen LogP contribution is -2.38. The molecule has 2 aromatic carbocycles. The summed E-state index contributed by atoms with van der Waals surface area (Å²) in [6.07, 6.45) is 1.34. The molecule has 2 heterocycles. The number of nitrogens with one attached hydrogen (secondary N) is 1. The zero-order valence-electron chi connectivity index (χ0n) is 16.9. The van der Waals surface area contributed by atoms with Crippen molar-refractivity contribution in [1.29, 1.82) is 0 Å². The maximum Gasteiger partial charge on any atom is 0.293 e. The highest BCUT2D eigenvalue weighted by molar-refractivity contribution is 8.18. The van der Waals surface area contributed by atoms with E-state index in [1.807, 2.05) is 0 Å². The first kappa shape index (κ1) is 22.6. The van der Waals surface area contributed by atoms with Gasteiger partial charge in [0, 0.05) is 29.2 Å². The molecule has 1 aliphatic rings. The third-order valence-electron chi connectivity index (χ3n) is 4.56. The molecule has 3 amide bonds. The number of benzene rings is 2. The van der Waals surface area contributed by atoms with Gasteiger partial charge >= 0.3 is 0 Å². The molecule has 168 valence electrons. The number of rotatable bonds is 7. The van der Waals surface area contributed by atoms with Crippen molar-refractivity contribution in [2.75, 3.05) is 13.1 Å². The monoisotopic (exact) mass is 486 g/mol. The van der Waals surface area contributed by atoms with Crippen molar-refractivity contribution in [1.82, 2.24) is 30.4 Å². The van der Waals surface area contributed by atoms with Crippen molar-refractivity contribution in [2.45, 2.75) is 6.54 Å². The van der Waals surface area contributed by atoms with Crippen LogP contribution in [0.3, 0.4) is 0 Å². The van der Waals surface area contributed by atoms with Gasteiger partial charge in [-0.1, -0.05) is 29.8 Å². The second kappa shape index (κ2) is 9.92. The predicted octanol–water partition coefficient (Wildman–Crippen LogP) is 2.99. The molecule has 33 heavy (non-hydrogen) atoms. The van der Waals surface area contributed by atoms with Gasteiger partial charge in [0.25, 0.3) is 11.1 Å². The summed E-state index contributed by atoms with van der Waals surface area (Å²) in [6.45, 7) is -0.163. The van der Waals surface area contributed by atoms with Crippen molar-refractivity contribution in [3.8, 4) is 11.4 Å². The van der Waals surface area contributed by atoms with E-state index < -0.39 is 22.9 Å². The van der Waals surface area contributed by atoms with Crippen LogP contribution in [0.1, 0.15) is 5.56 Å². The molecule has 0 spiro atoms. The van der Waals surface area contributed by atoms with E-state index in [1.54, 1.807) is 30.3 Å². The van der Waals surface area contributed by atoms with Gasteiger partial charge in [-0.3, -0.25) is 19.3 Å². The summed E-state index contributed by atoms with van der Waals surface area (Å²) in [7, 11) is 0. The van der Waals surface area contributed by atoms with E-state index >= 15 is 0 Å². The largest absolute Gasteiger partial charge is 0.353 e. The fourth-order valence-electron chi connectivity index (χ4n) is 2.94. The number of nitrogens with zero attached hydrogens (tertiary/aromatic N) is 5. The SMILES string of the molecule is O=C(Cn1nnc(-c2ccc(Cl)cc2)n1)NCCN1C(=O)S/C(=C\c2ccccc2F)C1=O. The Bertz CT molecular complexity index is 1250. The molecule has 1 N–H and O–H groups in total. The molecule has 12 heteroatoms. The number of aromatic nitrogens is 4. The quantitative estimate of drug-likeness (QED) is 0.511. The van der Waals surface area contributed by atoms with Gasteiger partial charge in [-0.2, -0.15) is 4.80 Å². The molecule has 1 saturated heterocycles. The summed E-state index contributed by atoms with van der Waals surface area (Å²) < 4.78 is 13.8. The molecule has 1 aliphatic heterocycles. The van der Waals surface area contributed by atoms with Crippen molar-refractivity contribution in [2.24, 2.45) is 0 Å². The van der Waals surface area contributed by atoms with E-state index in [0.717, 1.165) is 21.5 Å². The van der Waals surface area contributed by atoms with Gasteiger partial charge < -0.3 is 5.32 Å². The Balaban J connectivity index is 1.29. The lowest BCUT2D eigenvalue weighted by molar-refractivity contribution is -0.124. The molecule has 0 radical (unpaired) electrons. The topological polar surface area (TPSA) is 110 Å². The summed E-state index contributed by atoms with van der Waals surface area (Å²) in [4.78, 5) is 39.1. The molecular formula is C21H16ClFN6O3S. The lowest BCUT2D eigenvalue weighted by atomic mass is 10.2. The number of carbonyl (C=O) groups excluding carboxylic acids is 3. The van der Waals surface area contributed by atoms with E-state index in [4.69, 9.17) is 11.6 Å². The molecule has 0 bridgehead atoms. The van der Waals surface area contributed by atoms with Gasteiger partial charge in [0.2, 0.25) is 11.7 Å². The Hall–Kier alpha value is -3.57. The molecule has 0 unspecified atom stereocenters. The summed E-state index contributed by atoms with van der Waals surface area (Å²) in [6, 6.07) is 12.8. The second-order valence-electron chi connectivity index (χ2n) is 6.86. The molecule has 0 saturated carbocycles. The van der Waals surface area contributed by atoms with Crippen LogP contribution in [-0.4, -0.2) is 55.3 Å². The molecule has 1 fully saturated rings. The molecule has 0 atom stereocenters. The number of carbonyl (C=O) groups is 3. The fourth-order valence-corrected chi connectivity index (χ4v) is 3.92. The first-order chi connectivity index (χ1) is 15.9. The normalized spacial score (nSPS) is 14.8. The third-order valence-corrected chi connectivity index (χ3v) is 5.72. The first-order valence-electron chi connectivity index (χ1n) is 9.71. The van der Waals surface area contributed by atoms with Crippen LogP contribution in [0.5, 0.6) is 0 Å². The van der Waals surface area contributed by atoms with Crippen molar-refractivity contribution in [3.05, 3.63) is 69.8 Å². The van der Waals surface area contributed by atoms with Crippen LogP contribution in [0.15, 0.2) is 53.4 Å². The van der Waals surface area contributed by atoms with E-state index in [0.29, 0.717) is 16.4 Å². The van der Waals surface area contributed by atoms with Gasteiger partial charge in [0.1, 0.15) is 12.4 Å². The van der Waals surface area contributed by atoms with Crippen LogP contribution in [0.4, 0.5) is 9.18 Å². The molecule has 3 aromatic rings. The van der Waals surface area contributed by atoms with Gasteiger partial charge in [0.15, 0.2) is 0 Å². The number of halogens is 2. The van der Waals surface area contributed by atoms with Crippen molar-refractivity contribution in [3.63, 3.8) is 0 Å². The molecule has 4 rings (SSSR count). The van der Waals surface area contributed by atoms with Gasteiger partial charge in [-0.25, -0.2) is 4.39 Å². The van der Waals surface area contributed by atoms with Crippen molar-refractivity contribution < 1.29 is 18.8 Å². The Morgan fingerprint density at radius 1 is 1.15 bits per heavy atom. The summed E-state index contributed by atoms with van der Waals surface area (Å²) in [5.74, 6) is -1.09. The highest BCUT2D eigenvalue weighted by Crippen LogP contribution is 2.32. The average molecular weight is 487 g/mol. The summed E-state index contributed by atoms with van der Waals surface area (Å²) in [5, 5.41) is 14.6. The Morgan fingerprint density at radius 3 is 2.67 bits per heavy atom. The standard InChI is InChI=1S/C21H16ClFN6O3S/c22-15-7-5-13(6-8-15)19-25-27-29(26-19)12-18(30)24-9-10-28-20(31)17(33-21(28)32)11-14-3-1-2-4-16(14)23/h1-8,11H,9-10,12H2,(H,24,30)/b17-11-. The van der Waals surface area contributed by atoms with Crippen LogP contribution in [0, 0.1) is 5.82 Å². The highest BCUT2D eigenvalue weighted by Gasteiger charge is 2.34. The molecule has 0 aliphatic carbocycles. The maximum atomic E-state index is 13.8. The second-order valence-corrected chi connectivity index (χ2v) is 8.28. The Kier molecular flexibility index (Phi) is 6.80. The third kappa shape index (κ3) is 5.44. The summed E-state index contributed by atoms with van der Waals surface area (Å²) >= 11 is 6.58. The zero-order chi connectivity index (χ0) is 23.4. The van der Waals surface area contributed by atoms with E-state index in [9.17, 15) is 18.8 Å². The number of tetrazole rings is 1. The van der Waals surface area contributed by atoms with Gasteiger partial charge in [0.05, 0.1) is 4.91 Å². The van der Waals surface area contributed by atoms with Crippen LogP contribution in [0.2, 0.25) is 5.02 Å².